The maximum atomic E-state index is 13.1. The van der Waals surface area contributed by atoms with Crippen molar-refractivity contribution >= 4 is 0 Å². The normalized spacial score (nSPS) is 9.83. The highest BCUT2D eigenvalue weighted by Gasteiger charge is 2.00. The molecule has 0 atom stereocenters. The molecule has 0 radical (unpaired) electrons. The summed E-state index contributed by atoms with van der Waals surface area (Å²) < 4.78 is 18.6. The van der Waals surface area contributed by atoms with Gasteiger partial charge in [0.05, 0.1) is 11.6 Å². The molecule has 2 aromatic rings. The Kier molecular flexibility index (Phi) is 3.59. The molecule has 2 aromatic carbocycles. The van der Waals surface area contributed by atoms with Crippen LogP contribution in [0.3, 0.4) is 0 Å². The van der Waals surface area contributed by atoms with Gasteiger partial charge in [-0.25, -0.2) is 4.39 Å². The first kappa shape index (κ1) is 12.1. The van der Waals surface area contributed by atoms with Crippen LogP contribution in [-0.2, 0) is 6.61 Å². The minimum atomic E-state index is -0.235. The van der Waals surface area contributed by atoms with Gasteiger partial charge in [0, 0.05) is 0 Å². The van der Waals surface area contributed by atoms with Gasteiger partial charge < -0.3 is 4.74 Å². The first-order valence-corrected chi connectivity index (χ1v) is 5.57. The molecule has 90 valence electrons. The van der Waals surface area contributed by atoms with Crippen molar-refractivity contribution in [1.29, 1.82) is 5.26 Å². The zero-order valence-electron chi connectivity index (χ0n) is 9.98. The summed E-state index contributed by atoms with van der Waals surface area (Å²) in [5, 5.41) is 8.68. The van der Waals surface area contributed by atoms with E-state index in [-0.39, 0.29) is 5.82 Å². The quantitative estimate of drug-likeness (QED) is 0.822. The number of ether oxygens (including phenoxy) is 1. The molecule has 3 heteroatoms. The lowest BCUT2D eigenvalue weighted by atomic mass is 10.1. The molecule has 0 saturated carbocycles. The second-order valence-corrected chi connectivity index (χ2v) is 4.01. The Hall–Kier alpha value is -2.34. The van der Waals surface area contributed by atoms with E-state index in [1.54, 1.807) is 31.2 Å². The van der Waals surface area contributed by atoms with Crippen LogP contribution < -0.4 is 4.74 Å². The highest BCUT2D eigenvalue weighted by molar-refractivity contribution is 5.32. The highest BCUT2D eigenvalue weighted by Crippen LogP contribution is 2.17. The Balaban J connectivity index is 2.02. The van der Waals surface area contributed by atoms with Gasteiger partial charge in [0.1, 0.15) is 18.2 Å². The molecule has 0 aliphatic heterocycles. The van der Waals surface area contributed by atoms with Gasteiger partial charge in [-0.2, -0.15) is 5.26 Å². The van der Waals surface area contributed by atoms with Gasteiger partial charge in [0.2, 0.25) is 0 Å². The molecule has 2 nitrogen and oxygen atoms in total. The number of hydrogen-bond donors (Lipinski definition) is 0. The summed E-state index contributed by atoms with van der Waals surface area (Å²) in [7, 11) is 0. The van der Waals surface area contributed by atoms with E-state index < -0.39 is 0 Å². The third-order valence-electron chi connectivity index (χ3n) is 2.62. The van der Waals surface area contributed by atoms with Crippen molar-refractivity contribution in [3.05, 3.63) is 65.0 Å². The molecular weight excluding hydrogens is 229 g/mol. The second-order valence-electron chi connectivity index (χ2n) is 4.01. The van der Waals surface area contributed by atoms with Crippen molar-refractivity contribution in [2.75, 3.05) is 0 Å². The molecule has 0 saturated heterocycles. The number of benzene rings is 2. The van der Waals surface area contributed by atoms with Crippen molar-refractivity contribution < 1.29 is 9.13 Å². The number of rotatable bonds is 3. The molecule has 0 bridgehead atoms. The van der Waals surface area contributed by atoms with Gasteiger partial charge >= 0.3 is 0 Å². The Morgan fingerprint density at radius 1 is 1.17 bits per heavy atom. The summed E-state index contributed by atoms with van der Waals surface area (Å²) in [6.07, 6.45) is 0. The fourth-order valence-electron chi connectivity index (χ4n) is 1.55. The average Bonchev–Trinajstić information content (AvgIpc) is 2.41. The number of halogens is 1. The predicted octanol–water partition coefficient (Wildman–Crippen LogP) is 3.58. The van der Waals surface area contributed by atoms with Crippen LogP contribution >= 0.6 is 0 Å². The Labute approximate surface area is 105 Å². The van der Waals surface area contributed by atoms with Crippen molar-refractivity contribution in [2.45, 2.75) is 13.5 Å². The largest absolute Gasteiger partial charge is 0.489 e. The summed E-state index contributed by atoms with van der Waals surface area (Å²) >= 11 is 0. The second kappa shape index (κ2) is 5.33. The van der Waals surface area contributed by atoms with Gasteiger partial charge in [0.25, 0.3) is 0 Å². The van der Waals surface area contributed by atoms with Gasteiger partial charge in [-0.3, -0.25) is 0 Å². The van der Waals surface area contributed by atoms with E-state index in [0.717, 1.165) is 5.56 Å². The minimum Gasteiger partial charge on any atom is -0.489 e. The zero-order chi connectivity index (χ0) is 13.0. The monoisotopic (exact) mass is 241 g/mol. The molecule has 18 heavy (non-hydrogen) atoms. The third kappa shape index (κ3) is 2.86. The van der Waals surface area contributed by atoms with E-state index in [1.807, 2.05) is 12.1 Å². The van der Waals surface area contributed by atoms with Crippen molar-refractivity contribution in [2.24, 2.45) is 0 Å². The third-order valence-corrected chi connectivity index (χ3v) is 2.62. The summed E-state index contributed by atoms with van der Waals surface area (Å²) in [6, 6.07) is 13.9. The SMILES string of the molecule is Cc1cc(OCc2ccc(C#N)cc2)ccc1F. The Morgan fingerprint density at radius 2 is 1.89 bits per heavy atom. The van der Waals surface area contributed by atoms with Gasteiger partial charge in [-0.05, 0) is 48.4 Å². The van der Waals surface area contributed by atoms with Gasteiger partial charge in [-0.1, -0.05) is 12.1 Å². The number of nitriles is 1. The fraction of sp³-hybridized carbons (Fsp3) is 0.133. The van der Waals surface area contributed by atoms with Crippen molar-refractivity contribution in [3.8, 4) is 11.8 Å². The Morgan fingerprint density at radius 3 is 2.50 bits per heavy atom. The maximum absolute atomic E-state index is 13.1. The smallest absolute Gasteiger partial charge is 0.126 e. The van der Waals surface area contributed by atoms with Crippen LogP contribution in [0.5, 0.6) is 5.75 Å². The molecule has 0 amide bonds. The molecular formula is C15H12FNO. The summed E-state index contributed by atoms with van der Waals surface area (Å²) in [5.74, 6) is 0.402. The van der Waals surface area contributed by atoms with Crippen LogP contribution in [0.4, 0.5) is 4.39 Å². The summed E-state index contributed by atoms with van der Waals surface area (Å²) in [6.45, 7) is 2.10. The van der Waals surface area contributed by atoms with Crippen molar-refractivity contribution in [3.63, 3.8) is 0 Å². The first-order valence-electron chi connectivity index (χ1n) is 5.57. The predicted molar refractivity (Wildman–Crippen MR) is 66.6 cm³/mol. The standard InChI is InChI=1S/C15H12FNO/c1-11-8-14(6-7-15(11)16)18-10-13-4-2-12(9-17)3-5-13/h2-8H,10H2,1H3. The summed E-state index contributed by atoms with van der Waals surface area (Å²) in [4.78, 5) is 0. The molecule has 2 rings (SSSR count). The molecule has 0 spiro atoms. The van der Waals surface area contributed by atoms with Crippen LogP contribution in [0, 0.1) is 24.1 Å². The first-order chi connectivity index (χ1) is 8.69. The van der Waals surface area contributed by atoms with Crippen LogP contribution in [-0.4, -0.2) is 0 Å². The van der Waals surface area contributed by atoms with E-state index in [0.29, 0.717) is 23.5 Å². The van der Waals surface area contributed by atoms with Gasteiger partial charge in [0.15, 0.2) is 0 Å². The molecule has 0 fully saturated rings. The number of nitrogens with zero attached hydrogens (tertiary/aromatic N) is 1. The van der Waals surface area contributed by atoms with Crippen LogP contribution in [0.2, 0.25) is 0 Å². The van der Waals surface area contributed by atoms with Crippen LogP contribution in [0.15, 0.2) is 42.5 Å². The molecule has 0 aliphatic carbocycles. The lowest BCUT2D eigenvalue weighted by Gasteiger charge is -2.07. The van der Waals surface area contributed by atoms with E-state index >= 15 is 0 Å². The van der Waals surface area contributed by atoms with Crippen LogP contribution in [0.25, 0.3) is 0 Å². The molecule has 0 heterocycles. The number of hydrogen-bond acceptors (Lipinski definition) is 2. The molecule has 0 unspecified atom stereocenters. The van der Waals surface area contributed by atoms with E-state index in [4.69, 9.17) is 10.00 Å². The lowest BCUT2D eigenvalue weighted by molar-refractivity contribution is 0.305. The van der Waals surface area contributed by atoms with E-state index in [2.05, 4.69) is 6.07 Å². The van der Waals surface area contributed by atoms with E-state index in [9.17, 15) is 4.39 Å². The highest BCUT2D eigenvalue weighted by atomic mass is 19.1. The minimum absolute atomic E-state index is 0.235. The Bertz CT molecular complexity index is 584. The molecule has 0 aromatic heterocycles. The van der Waals surface area contributed by atoms with Crippen LogP contribution in [0.1, 0.15) is 16.7 Å². The molecule has 0 aliphatic rings. The average molecular weight is 241 g/mol. The van der Waals surface area contributed by atoms with Gasteiger partial charge in [-0.15, -0.1) is 0 Å². The maximum Gasteiger partial charge on any atom is 0.126 e. The topological polar surface area (TPSA) is 33.0 Å². The molecule has 0 N–H and O–H groups in total. The van der Waals surface area contributed by atoms with Crippen molar-refractivity contribution in [1.82, 2.24) is 0 Å². The zero-order valence-corrected chi connectivity index (χ0v) is 9.98. The van der Waals surface area contributed by atoms with E-state index in [1.165, 1.54) is 6.07 Å². The number of aryl methyl sites for hydroxylation is 1. The fourth-order valence-corrected chi connectivity index (χ4v) is 1.55. The summed E-state index contributed by atoms with van der Waals surface area (Å²) in [5.41, 5.74) is 2.15. The lowest BCUT2D eigenvalue weighted by Crippen LogP contribution is -1.96.